The number of aryl methyl sites for hydroxylation is 2. The number of allylic oxidation sites excluding steroid dienone is 1. The zero-order chi connectivity index (χ0) is 17.0. The van der Waals surface area contributed by atoms with Crippen molar-refractivity contribution in [3.63, 3.8) is 0 Å². The quantitative estimate of drug-likeness (QED) is 0.728. The van der Waals surface area contributed by atoms with Gasteiger partial charge in [-0.3, -0.25) is 4.79 Å². The van der Waals surface area contributed by atoms with Crippen LogP contribution < -0.4 is 4.74 Å². The van der Waals surface area contributed by atoms with Crippen LogP contribution in [0.1, 0.15) is 22.3 Å². The van der Waals surface area contributed by atoms with Crippen LogP contribution in [0.15, 0.2) is 24.4 Å². The molecule has 3 aromatic rings. The van der Waals surface area contributed by atoms with Gasteiger partial charge in [0.05, 0.1) is 12.6 Å². The van der Waals surface area contributed by atoms with E-state index in [-0.39, 0.29) is 0 Å². The Morgan fingerprint density at radius 3 is 2.75 bits per heavy atom. The minimum atomic E-state index is 0.748. The third-order valence-electron chi connectivity index (χ3n) is 5.07. The summed E-state index contributed by atoms with van der Waals surface area (Å²) in [4.78, 5) is 17.2. The molecule has 24 heavy (non-hydrogen) atoms. The molecule has 2 aromatic carbocycles. The molecule has 0 spiro atoms. The smallest absolute Gasteiger partial charge is 0.152 e. The number of nitrogens with one attached hydrogen (secondary N) is 1. The number of H-pyrrole nitrogens is 1. The van der Waals surface area contributed by atoms with Crippen LogP contribution in [-0.4, -0.2) is 30.3 Å². The molecule has 0 radical (unpaired) electrons. The van der Waals surface area contributed by atoms with Crippen molar-refractivity contribution in [2.45, 2.75) is 20.4 Å². The second kappa shape index (κ2) is 5.13. The van der Waals surface area contributed by atoms with Crippen molar-refractivity contribution in [2.75, 3.05) is 14.2 Å². The molecule has 0 unspecified atom stereocenters. The highest BCUT2D eigenvalue weighted by Gasteiger charge is 2.24. The third-order valence-corrected chi connectivity index (χ3v) is 5.07. The maximum absolute atomic E-state index is 11.6. The zero-order valence-electron chi connectivity index (χ0n) is 14.4. The molecule has 4 nitrogen and oxygen atoms in total. The fourth-order valence-electron chi connectivity index (χ4n) is 3.93. The SMILES string of the molecule is COc1ccc2[nH]c3c(C)c4c(c(C)c3c2c1)CN(C)C=C4C=O. The van der Waals surface area contributed by atoms with Gasteiger partial charge in [-0.25, -0.2) is 0 Å². The van der Waals surface area contributed by atoms with Crippen LogP contribution in [0.2, 0.25) is 0 Å². The number of nitrogens with zero attached hydrogens (tertiary/aromatic N) is 1. The molecule has 0 atom stereocenters. The maximum atomic E-state index is 11.6. The lowest BCUT2D eigenvalue weighted by molar-refractivity contribution is -0.103. The number of ether oxygens (including phenoxy) is 1. The molecule has 0 saturated heterocycles. The van der Waals surface area contributed by atoms with Crippen molar-refractivity contribution < 1.29 is 9.53 Å². The van der Waals surface area contributed by atoms with Gasteiger partial charge in [-0.15, -0.1) is 0 Å². The van der Waals surface area contributed by atoms with Crippen molar-refractivity contribution in [1.29, 1.82) is 0 Å². The lowest BCUT2D eigenvalue weighted by Gasteiger charge is -2.27. The summed E-state index contributed by atoms with van der Waals surface area (Å²) in [6, 6.07) is 6.09. The average Bonchev–Trinajstić information content (AvgIpc) is 2.97. The molecule has 4 rings (SSSR count). The number of aldehydes is 1. The standard InChI is InChI=1S/C20H20N2O2/c1-11-16-9-22(3)8-13(10-23)18(16)12(2)20-19(11)15-7-14(24-4)5-6-17(15)21-20/h5-8,10,21H,9H2,1-4H3. The van der Waals surface area contributed by atoms with Gasteiger partial charge in [0.25, 0.3) is 0 Å². The van der Waals surface area contributed by atoms with Crippen LogP contribution in [0.4, 0.5) is 0 Å². The first kappa shape index (κ1) is 14.8. The number of hydrogen-bond donors (Lipinski definition) is 1. The number of aromatic nitrogens is 1. The van der Waals surface area contributed by atoms with E-state index < -0.39 is 0 Å². The number of aromatic amines is 1. The van der Waals surface area contributed by atoms with Gasteiger partial charge in [0, 0.05) is 41.7 Å². The Hall–Kier alpha value is -2.75. The summed E-state index contributed by atoms with van der Waals surface area (Å²) in [6.07, 6.45) is 2.89. The molecule has 1 aliphatic heterocycles. The minimum Gasteiger partial charge on any atom is -0.497 e. The van der Waals surface area contributed by atoms with Gasteiger partial charge in [0.1, 0.15) is 5.75 Å². The average molecular weight is 320 g/mol. The highest BCUT2D eigenvalue weighted by Crippen LogP contribution is 2.40. The molecule has 4 heteroatoms. The number of carbonyl (C=O) groups excluding carboxylic acids is 1. The fraction of sp³-hybridized carbons (Fsp3) is 0.250. The molecule has 1 N–H and O–H groups in total. The summed E-state index contributed by atoms with van der Waals surface area (Å²) in [5, 5.41) is 2.39. The van der Waals surface area contributed by atoms with Gasteiger partial charge in [0.2, 0.25) is 0 Å². The zero-order valence-corrected chi connectivity index (χ0v) is 14.4. The number of carbonyl (C=O) groups is 1. The van der Waals surface area contributed by atoms with Crippen molar-refractivity contribution in [1.82, 2.24) is 9.88 Å². The van der Waals surface area contributed by atoms with Crippen molar-refractivity contribution >= 4 is 33.7 Å². The molecule has 0 saturated carbocycles. The van der Waals surface area contributed by atoms with E-state index in [9.17, 15) is 4.79 Å². The van der Waals surface area contributed by atoms with Crippen molar-refractivity contribution in [3.05, 3.63) is 46.7 Å². The third kappa shape index (κ3) is 1.89. The van der Waals surface area contributed by atoms with Crippen LogP contribution in [0.3, 0.4) is 0 Å². The Labute approximate surface area is 140 Å². The first-order chi connectivity index (χ1) is 11.5. The van der Waals surface area contributed by atoms with E-state index in [0.29, 0.717) is 0 Å². The fourth-order valence-corrected chi connectivity index (χ4v) is 3.93. The second-order valence-corrected chi connectivity index (χ2v) is 6.51. The van der Waals surface area contributed by atoms with E-state index in [1.165, 1.54) is 16.5 Å². The normalized spacial score (nSPS) is 14.0. The molecule has 0 fully saturated rings. The van der Waals surface area contributed by atoms with Gasteiger partial charge < -0.3 is 14.6 Å². The highest BCUT2D eigenvalue weighted by molar-refractivity contribution is 6.15. The molecule has 0 amide bonds. The van der Waals surface area contributed by atoms with Gasteiger partial charge in [-0.1, -0.05) is 0 Å². The van der Waals surface area contributed by atoms with E-state index >= 15 is 0 Å². The van der Waals surface area contributed by atoms with Crippen LogP contribution >= 0.6 is 0 Å². The van der Waals surface area contributed by atoms with Crippen LogP contribution in [-0.2, 0) is 11.3 Å². The predicted octanol–water partition coefficient (Wildman–Crippen LogP) is 3.93. The number of benzene rings is 2. The lowest BCUT2D eigenvalue weighted by atomic mass is 9.87. The topological polar surface area (TPSA) is 45.3 Å². The summed E-state index contributed by atoms with van der Waals surface area (Å²) >= 11 is 0. The highest BCUT2D eigenvalue weighted by atomic mass is 16.5. The van der Waals surface area contributed by atoms with Gasteiger partial charge in [-0.05, 0) is 54.3 Å². The van der Waals surface area contributed by atoms with Gasteiger partial charge >= 0.3 is 0 Å². The van der Waals surface area contributed by atoms with Crippen molar-refractivity contribution in [2.24, 2.45) is 0 Å². The summed E-state index contributed by atoms with van der Waals surface area (Å²) in [6.45, 7) is 5.05. The first-order valence-corrected chi connectivity index (χ1v) is 8.04. The summed E-state index contributed by atoms with van der Waals surface area (Å²) < 4.78 is 5.40. The monoisotopic (exact) mass is 320 g/mol. The Balaban J connectivity index is 2.17. The molecule has 1 aromatic heterocycles. The van der Waals surface area contributed by atoms with Gasteiger partial charge in [0.15, 0.2) is 6.29 Å². The predicted molar refractivity (Wildman–Crippen MR) is 97.3 cm³/mol. The molecule has 1 aliphatic rings. The Morgan fingerprint density at radius 1 is 1.25 bits per heavy atom. The van der Waals surface area contributed by atoms with Crippen LogP contribution in [0, 0.1) is 13.8 Å². The summed E-state index contributed by atoms with van der Waals surface area (Å²) in [7, 11) is 3.69. The van der Waals surface area contributed by atoms with E-state index in [1.807, 2.05) is 19.3 Å². The summed E-state index contributed by atoms with van der Waals surface area (Å²) in [5.41, 5.74) is 7.60. The summed E-state index contributed by atoms with van der Waals surface area (Å²) in [5.74, 6) is 0.851. The van der Waals surface area contributed by atoms with E-state index in [4.69, 9.17) is 4.74 Å². The number of methoxy groups -OCH3 is 1. The number of hydrogen-bond acceptors (Lipinski definition) is 3. The minimum absolute atomic E-state index is 0.748. The number of rotatable bonds is 2. The molecule has 2 heterocycles. The Kier molecular flexibility index (Phi) is 3.17. The van der Waals surface area contributed by atoms with Crippen LogP contribution in [0.25, 0.3) is 27.4 Å². The van der Waals surface area contributed by atoms with Crippen LogP contribution in [0.5, 0.6) is 5.75 Å². The first-order valence-electron chi connectivity index (χ1n) is 8.04. The van der Waals surface area contributed by atoms with E-state index in [1.54, 1.807) is 7.11 Å². The molecular weight excluding hydrogens is 300 g/mol. The Morgan fingerprint density at radius 2 is 2.04 bits per heavy atom. The lowest BCUT2D eigenvalue weighted by Crippen LogP contribution is -2.19. The van der Waals surface area contributed by atoms with Gasteiger partial charge in [-0.2, -0.15) is 0 Å². The molecule has 0 bridgehead atoms. The number of fused-ring (bicyclic) bond motifs is 4. The molecular formula is C20H20N2O2. The maximum Gasteiger partial charge on any atom is 0.152 e. The van der Waals surface area contributed by atoms with Crippen molar-refractivity contribution in [3.8, 4) is 5.75 Å². The Bertz CT molecular complexity index is 1030. The van der Waals surface area contributed by atoms with E-state index in [2.05, 4.69) is 35.9 Å². The second-order valence-electron chi connectivity index (χ2n) is 6.51. The molecule has 0 aliphatic carbocycles. The molecule has 122 valence electrons. The largest absolute Gasteiger partial charge is 0.497 e. The van der Waals surface area contributed by atoms with E-state index in [0.717, 1.165) is 51.7 Å².